The molecule has 1 saturated carbocycles. The topological polar surface area (TPSA) is 78.5 Å². The monoisotopic (exact) mass is 384 g/mol. The SMILES string of the molecule is CC1=C([C@H](O)C[C@@H]2c3c(F)cccc3-c3cncn32)CC2CC(O)CC1(O)C2. The van der Waals surface area contributed by atoms with Crippen LogP contribution in [-0.2, 0) is 0 Å². The van der Waals surface area contributed by atoms with E-state index in [-0.39, 0.29) is 17.8 Å². The number of halogens is 1. The van der Waals surface area contributed by atoms with E-state index < -0.39 is 17.8 Å². The Morgan fingerprint density at radius 3 is 3.00 bits per heavy atom. The van der Waals surface area contributed by atoms with Gasteiger partial charge in [-0.05, 0) is 49.3 Å². The van der Waals surface area contributed by atoms with Gasteiger partial charge in [0.25, 0.3) is 0 Å². The lowest BCUT2D eigenvalue weighted by molar-refractivity contribution is -0.0523. The van der Waals surface area contributed by atoms with Crippen LogP contribution in [0.3, 0.4) is 0 Å². The molecule has 28 heavy (non-hydrogen) atoms. The fraction of sp³-hybridized carbons (Fsp3) is 0.500. The number of rotatable bonds is 3. The molecule has 0 spiro atoms. The van der Waals surface area contributed by atoms with E-state index in [0.29, 0.717) is 37.7 Å². The molecular formula is C22H25FN2O3. The molecule has 2 heterocycles. The van der Waals surface area contributed by atoms with Crippen LogP contribution in [0, 0.1) is 11.7 Å². The van der Waals surface area contributed by atoms with E-state index in [4.69, 9.17) is 0 Å². The summed E-state index contributed by atoms with van der Waals surface area (Å²) in [5, 5.41) is 32.3. The smallest absolute Gasteiger partial charge is 0.129 e. The molecule has 2 aliphatic carbocycles. The molecule has 1 aliphatic heterocycles. The molecule has 3 unspecified atom stereocenters. The summed E-state index contributed by atoms with van der Waals surface area (Å²) in [4.78, 5) is 4.20. The van der Waals surface area contributed by atoms with Gasteiger partial charge in [-0.2, -0.15) is 0 Å². The van der Waals surface area contributed by atoms with Crippen molar-refractivity contribution in [1.82, 2.24) is 9.55 Å². The first-order chi connectivity index (χ1) is 13.4. The number of benzene rings is 1. The number of imidazole rings is 1. The van der Waals surface area contributed by atoms with E-state index in [9.17, 15) is 19.7 Å². The predicted molar refractivity (Wildman–Crippen MR) is 102 cm³/mol. The van der Waals surface area contributed by atoms with Crippen LogP contribution < -0.4 is 0 Å². The lowest BCUT2D eigenvalue weighted by Crippen LogP contribution is -2.46. The predicted octanol–water partition coefficient (Wildman–Crippen LogP) is 2.96. The molecule has 2 bridgehead atoms. The highest BCUT2D eigenvalue weighted by Gasteiger charge is 2.46. The quantitative estimate of drug-likeness (QED) is 0.711. The van der Waals surface area contributed by atoms with E-state index >= 15 is 0 Å². The summed E-state index contributed by atoms with van der Waals surface area (Å²) in [6.07, 6.45) is 4.74. The second-order valence-electron chi connectivity index (χ2n) is 8.70. The van der Waals surface area contributed by atoms with Gasteiger partial charge in [-0.15, -0.1) is 0 Å². The normalized spacial score (nSPS) is 32.2. The van der Waals surface area contributed by atoms with Gasteiger partial charge in [0.15, 0.2) is 0 Å². The number of hydrogen-bond acceptors (Lipinski definition) is 4. The first-order valence-corrected chi connectivity index (χ1v) is 9.96. The molecule has 0 radical (unpaired) electrons. The highest BCUT2D eigenvalue weighted by atomic mass is 19.1. The van der Waals surface area contributed by atoms with Gasteiger partial charge in [-0.25, -0.2) is 9.37 Å². The molecule has 1 aromatic heterocycles. The zero-order valence-electron chi connectivity index (χ0n) is 15.8. The van der Waals surface area contributed by atoms with Crippen molar-refractivity contribution in [1.29, 1.82) is 0 Å². The van der Waals surface area contributed by atoms with Crippen LogP contribution in [-0.4, -0.2) is 42.7 Å². The van der Waals surface area contributed by atoms with Crippen molar-refractivity contribution in [2.24, 2.45) is 5.92 Å². The van der Waals surface area contributed by atoms with E-state index in [1.54, 1.807) is 18.6 Å². The highest BCUT2D eigenvalue weighted by Crippen LogP contribution is 2.49. The minimum atomic E-state index is -1.05. The average Bonchev–Trinajstić information content (AvgIpc) is 3.21. The van der Waals surface area contributed by atoms with Crippen LogP contribution in [0.5, 0.6) is 0 Å². The zero-order valence-corrected chi connectivity index (χ0v) is 15.8. The lowest BCUT2D eigenvalue weighted by atomic mass is 9.64. The van der Waals surface area contributed by atoms with E-state index in [1.807, 2.05) is 17.6 Å². The molecule has 3 N–H and O–H groups in total. The Balaban J connectivity index is 1.49. The fourth-order valence-corrected chi connectivity index (χ4v) is 5.70. The maximum atomic E-state index is 14.6. The van der Waals surface area contributed by atoms with Crippen LogP contribution in [0.25, 0.3) is 11.3 Å². The van der Waals surface area contributed by atoms with Gasteiger partial charge < -0.3 is 19.9 Å². The van der Waals surface area contributed by atoms with Crippen LogP contribution in [0.2, 0.25) is 0 Å². The molecule has 5 nitrogen and oxygen atoms in total. The number of nitrogens with zero attached hydrogens (tertiary/aromatic N) is 2. The van der Waals surface area contributed by atoms with E-state index in [1.165, 1.54) is 6.07 Å². The van der Waals surface area contributed by atoms with Gasteiger partial charge in [0.05, 0.1) is 42.1 Å². The van der Waals surface area contributed by atoms with Crippen molar-refractivity contribution in [2.75, 3.05) is 0 Å². The molecule has 5 atom stereocenters. The van der Waals surface area contributed by atoms with Gasteiger partial charge in [-0.3, -0.25) is 0 Å². The van der Waals surface area contributed by atoms with Gasteiger partial charge in [0, 0.05) is 24.0 Å². The number of fused-ring (bicyclic) bond motifs is 5. The maximum Gasteiger partial charge on any atom is 0.129 e. The third-order valence-corrected chi connectivity index (χ3v) is 7.01. The third kappa shape index (κ3) is 2.59. The summed E-state index contributed by atoms with van der Waals surface area (Å²) in [7, 11) is 0. The Bertz CT molecular complexity index is 968. The second kappa shape index (κ2) is 6.24. The van der Waals surface area contributed by atoms with Gasteiger partial charge >= 0.3 is 0 Å². The Hall–Kier alpha value is -2.02. The van der Waals surface area contributed by atoms with Crippen molar-refractivity contribution < 1.29 is 19.7 Å². The number of aliphatic hydroxyl groups excluding tert-OH is 2. The summed E-state index contributed by atoms with van der Waals surface area (Å²) >= 11 is 0. The Labute approximate surface area is 163 Å². The van der Waals surface area contributed by atoms with Crippen molar-refractivity contribution in [3.63, 3.8) is 0 Å². The largest absolute Gasteiger partial charge is 0.393 e. The molecule has 5 rings (SSSR count). The van der Waals surface area contributed by atoms with Crippen molar-refractivity contribution in [2.45, 2.75) is 62.9 Å². The standard InChI is InChI=1S/C22H25FN2O3/c1-12-16(6-13-5-14(26)9-22(12,28)8-13)20(27)7-18-21-15(3-2-4-17(21)23)19-10-24-11-25(18)19/h2-4,10-11,13-14,18,20,26-28H,5-9H2,1H3/t13?,14?,18-,20-,22?/m1/s1. The molecular weight excluding hydrogens is 359 g/mol. The summed E-state index contributed by atoms with van der Waals surface area (Å²) in [6, 6.07) is 4.71. The first-order valence-electron chi connectivity index (χ1n) is 9.96. The molecule has 3 aliphatic rings. The molecule has 2 aromatic rings. The van der Waals surface area contributed by atoms with Crippen LogP contribution in [0.4, 0.5) is 4.39 Å². The van der Waals surface area contributed by atoms with Crippen LogP contribution >= 0.6 is 0 Å². The summed E-state index contributed by atoms with van der Waals surface area (Å²) in [5.74, 6) is -0.107. The molecule has 6 heteroatoms. The maximum absolute atomic E-state index is 14.6. The summed E-state index contributed by atoms with van der Waals surface area (Å²) < 4.78 is 16.6. The molecule has 1 aromatic carbocycles. The Morgan fingerprint density at radius 1 is 1.36 bits per heavy atom. The number of hydrogen-bond donors (Lipinski definition) is 3. The first kappa shape index (κ1) is 18.0. The van der Waals surface area contributed by atoms with Gasteiger partial charge in [-0.1, -0.05) is 12.1 Å². The van der Waals surface area contributed by atoms with Crippen LogP contribution in [0.15, 0.2) is 41.9 Å². The highest BCUT2D eigenvalue weighted by molar-refractivity contribution is 5.69. The van der Waals surface area contributed by atoms with Crippen molar-refractivity contribution in [3.8, 4) is 11.3 Å². The molecule has 1 fully saturated rings. The lowest BCUT2D eigenvalue weighted by Gasteiger charge is -2.46. The molecule has 148 valence electrons. The number of aliphatic hydroxyl groups is 3. The third-order valence-electron chi connectivity index (χ3n) is 7.01. The fourth-order valence-electron chi connectivity index (χ4n) is 5.70. The second-order valence-corrected chi connectivity index (χ2v) is 8.70. The van der Waals surface area contributed by atoms with Crippen LogP contribution in [0.1, 0.15) is 50.6 Å². The summed E-state index contributed by atoms with van der Waals surface area (Å²) in [6.45, 7) is 1.86. The number of aromatic nitrogens is 2. The minimum absolute atomic E-state index is 0.165. The van der Waals surface area contributed by atoms with Crippen molar-refractivity contribution in [3.05, 3.63) is 53.3 Å². The average molecular weight is 384 g/mol. The summed E-state index contributed by atoms with van der Waals surface area (Å²) in [5.41, 5.74) is 2.85. The van der Waals surface area contributed by atoms with E-state index in [0.717, 1.165) is 22.4 Å². The van der Waals surface area contributed by atoms with Gasteiger partial charge in [0.1, 0.15) is 5.82 Å². The Morgan fingerprint density at radius 2 is 2.18 bits per heavy atom. The zero-order chi connectivity index (χ0) is 19.6. The minimum Gasteiger partial charge on any atom is -0.393 e. The Kier molecular flexibility index (Phi) is 4.02. The van der Waals surface area contributed by atoms with Gasteiger partial charge in [0.2, 0.25) is 0 Å². The molecule has 0 amide bonds. The van der Waals surface area contributed by atoms with Crippen molar-refractivity contribution >= 4 is 0 Å². The van der Waals surface area contributed by atoms with E-state index in [2.05, 4.69) is 4.98 Å². The molecule has 0 saturated heterocycles.